The lowest BCUT2D eigenvalue weighted by Gasteiger charge is -2.10. The molecule has 3 aromatic rings. The lowest BCUT2D eigenvalue weighted by molar-refractivity contribution is 0.775. The Morgan fingerprint density at radius 3 is 2.56 bits per heavy atom. The summed E-state index contributed by atoms with van der Waals surface area (Å²) in [5.74, 6) is 0.884. The standard InChI is InChI=1S/C15H15N3/c1-11-13-9-5-6-10-18(13)15(17-11)14(16)12-7-3-2-4-8-12/h2-10,14H,16H2,1H3. The normalized spacial score (nSPS) is 12.8. The molecule has 0 aliphatic rings. The zero-order valence-corrected chi connectivity index (χ0v) is 10.2. The molecule has 0 fully saturated rings. The molecule has 2 heterocycles. The highest BCUT2D eigenvalue weighted by atomic mass is 15.0. The number of hydrogen-bond donors (Lipinski definition) is 1. The SMILES string of the molecule is Cc1nc(C(N)c2ccccc2)n2ccccc12. The summed E-state index contributed by atoms with van der Waals surface area (Å²) in [4.78, 5) is 4.60. The van der Waals surface area contributed by atoms with Crippen molar-refractivity contribution in [2.45, 2.75) is 13.0 Å². The van der Waals surface area contributed by atoms with Gasteiger partial charge in [-0.25, -0.2) is 4.98 Å². The minimum Gasteiger partial charge on any atom is -0.318 e. The molecule has 18 heavy (non-hydrogen) atoms. The number of pyridine rings is 1. The molecule has 0 aliphatic heterocycles. The fourth-order valence-corrected chi connectivity index (χ4v) is 2.25. The molecule has 0 spiro atoms. The average molecular weight is 237 g/mol. The summed E-state index contributed by atoms with van der Waals surface area (Å²) < 4.78 is 2.06. The van der Waals surface area contributed by atoms with Gasteiger partial charge in [0, 0.05) is 6.20 Å². The lowest BCUT2D eigenvalue weighted by Crippen LogP contribution is -2.15. The summed E-state index contributed by atoms with van der Waals surface area (Å²) >= 11 is 0. The number of aromatic nitrogens is 2. The van der Waals surface area contributed by atoms with Crippen LogP contribution in [-0.4, -0.2) is 9.38 Å². The predicted molar refractivity (Wildman–Crippen MR) is 72.4 cm³/mol. The molecule has 0 aliphatic carbocycles. The molecular formula is C15H15N3. The van der Waals surface area contributed by atoms with E-state index in [0.29, 0.717) is 0 Å². The molecule has 0 amide bonds. The molecule has 3 rings (SSSR count). The highest BCUT2D eigenvalue weighted by Crippen LogP contribution is 2.21. The van der Waals surface area contributed by atoms with Crippen molar-refractivity contribution in [3.8, 4) is 0 Å². The van der Waals surface area contributed by atoms with Crippen LogP contribution >= 0.6 is 0 Å². The van der Waals surface area contributed by atoms with Gasteiger partial charge in [-0.15, -0.1) is 0 Å². The van der Waals surface area contributed by atoms with Crippen molar-refractivity contribution in [2.24, 2.45) is 5.73 Å². The van der Waals surface area contributed by atoms with Crippen molar-refractivity contribution in [1.29, 1.82) is 0 Å². The van der Waals surface area contributed by atoms with Gasteiger partial charge in [0.15, 0.2) is 0 Å². The third kappa shape index (κ3) is 1.69. The van der Waals surface area contributed by atoms with Crippen LogP contribution in [-0.2, 0) is 0 Å². The fourth-order valence-electron chi connectivity index (χ4n) is 2.25. The lowest BCUT2D eigenvalue weighted by atomic mass is 10.1. The number of nitrogens with zero attached hydrogens (tertiary/aromatic N) is 2. The highest BCUT2D eigenvalue weighted by Gasteiger charge is 2.15. The second-order valence-corrected chi connectivity index (χ2v) is 4.40. The van der Waals surface area contributed by atoms with Crippen molar-refractivity contribution in [3.05, 3.63) is 71.8 Å². The van der Waals surface area contributed by atoms with E-state index in [-0.39, 0.29) is 6.04 Å². The summed E-state index contributed by atoms with van der Waals surface area (Å²) in [6, 6.07) is 15.9. The maximum Gasteiger partial charge on any atom is 0.135 e. The molecule has 3 heteroatoms. The van der Waals surface area contributed by atoms with Gasteiger partial charge in [-0.05, 0) is 24.6 Å². The van der Waals surface area contributed by atoms with Crippen LogP contribution in [0.2, 0.25) is 0 Å². The quantitative estimate of drug-likeness (QED) is 0.744. The summed E-state index contributed by atoms with van der Waals surface area (Å²) in [7, 11) is 0. The first-order chi connectivity index (χ1) is 8.77. The minimum absolute atomic E-state index is 0.199. The van der Waals surface area contributed by atoms with E-state index < -0.39 is 0 Å². The van der Waals surface area contributed by atoms with Crippen LogP contribution in [0.25, 0.3) is 5.52 Å². The maximum absolute atomic E-state index is 6.31. The van der Waals surface area contributed by atoms with Crippen molar-refractivity contribution in [3.63, 3.8) is 0 Å². The van der Waals surface area contributed by atoms with Gasteiger partial charge in [0.05, 0.1) is 17.3 Å². The van der Waals surface area contributed by atoms with E-state index in [0.717, 1.165) is 22.6 Å². The Labute approximate surface area is 106 Å². The molecule has 0 saturated heterocycles. The molecule has 0 bridgehead atoms. The Hall–Kier alpha value is -2.13. The molecule has 2 aromatic heterocycles. The maximum atomic E-state index is 6.31. The van der Waals surface area contributed by atoms with Crippen molar-refractivity contribution < 1.29 is 0 Å². The smallest absolute Gasteiger partial charge is 0.135 e. The van der Waals surface area contributed by atoms with Crippen LogP contribution < -0.4 is 5.73 Å². The predicted octanol–water partition coefficient (Wildman–Crippen LogP) is 2.69. The van der Waals surface area contributed by atoms with Crippen LogP contribution in [0.4, 0.5) is 0 Å². The third-order valence-corrected chi connectivity index (χ3v) is 3.20. The molecule has 1 atom stereocenters. The summed E-state index contributed by atoms with van der Waals surface area (Å²) in [6.07, 6.45) is 2.01. The van der Waals surface area contributed by atoms with Crippen LogP contribution in [0.1, 0.15) is 23.1 Å². The van der Waals surface area contributed by atoms with Crippen molar-refractivity contribution >= 4 is 5.52 Å². The minimum atomic E-state index is -0.199. The van der Waals surface area contributed by atoms with E-state index in [1.807, 2.05) is 55.6 Å². The van der Waals surface area contributed by atoms with Crippen LogP contribution in [0.15, 0.2) is 54.7 Å². The van der Waals surface area contributed by atoms with Gasteiger partial charge in [-0.3, -0.25) is 0 Å². The summed E-state index contributed by atoms with van der Waals surface area (Å²) in [5, 5.41) is 0. The number of imidazole rings is 1. The molecule has 0 saturated carbocycles. The third-order valence-electron chi connectivity index (χ3n) is 3.20. The Morgan fingerprint density at radius 2 is 1.78 bits per heavy atom. The molecule has 3 nitrogen and oxygen atoms in total. The van der Waals surface area contributed by atoms with Crippen molar-refractivity contribution in [2.75, 3.05) is 0 Å². The molecule has 1 aromatic carbocycles. The second-order valence-electron chi connectivity index (χ2n) is 4.40. The van der Waals surface area contributed by atoms with Crippen LogP contribution in [0.3, 0.4) is 0 Å². The van der Waals surface area contributed by atoms with E-state index in [4.69, 9.17) is 5.73 Å². The van der Waals surface area contributed by atoms with E-state index in [9.17, 15) is 0 Å². The molecule has 0 radical (unpaired) electrons. The molecule has 1 unspecified atom stereocenters. The fraction of sp³-hybridized carbons (Fsp3) is 0.133. The molecule has 90 valence electrons. The first-order valence-corrected chi connectivity index (χ1v) is 6.01. The number of rotatable bonds is 2. The first kappa shape index (κ1) is 11.0. The zero-order valence-electron chi connectivity index (χ0n) is 10.2. The van der Waals surface area contributed by atoms with Gasteiger partial charge >= 0.3 is 0 Å². The van der Waals surface area contributed by atoms with Gasteiger partial charge in [0.1, 0.15) is 5.82 Å². The van der Waals surface area contributed by atoms with E-state index in [1.165, 1.54) is 0 Å². The number of nitrogens with two attached hydrogens (primary N) is 1. The summed E-state index contributed by atoms with van der Waals surface area (Å²) in [5.41, 5.74) is 9.51. The van der Waals surface area contributed by atoms with Gasteiger partial charge in [-0.2, -0.15) is 0 Å². The largest absolute Gasteiger partial charge is 0.318 e. The van der Waals surface area contributed by atoms with Gasteiger partial charge in [-0.1, -0.05) is 36.4 Å². The van der Waals surface area contributed by atoms with E-state index >= 15 is 0 Å². The zero-order chi connectivity index (χ0) is 12.5. The Balaban J connectivity index is 2.15. The number of aryl methyl sites for hydroxylation is 1. The first-order valence-electron chi connectivity index (χ1n) is 6.01. The highest BCUT2D eigenvalue weighted by molar-refractivity contribution is 5.53. The van der Waals surface area contributed by atoms with Crippen LogP contribution in [0, 0.1) is 6.92 Å². The van der Waals surface area contributed by atoms with Gasteiger partial charge in [0.25, 0.3) is 0 Å². The van der Waals surface area contributed by atoms with E-state index in [2.05, 4.69) is 15.5 Å². The van der Waals surface area contributed by atoms with Crippen LogP contribution in [0.5, 0.6) is 0 Å². The van der Waals surface area contributed by atoms with E-state index in [1.54, 1.807) is 0 Å². The number of hydrogen-bond acceptors (Lipinski definition) is 2. The number of benzene rings is 1. The second kappa shape index (κ2) is 4.27. The summed E-state index contributed by atoms with van der Waals surface area (Å²) in [6.45, 7) is 2.01. The number of fused-ring (bicyclic) bond motifs is 1. The van der Waals surface area contributed by atoms with Crippen molar-refractivity contribution in [1.82, 2.24) is 9.38 Å². The van der Waals surface area contributed by atoms with Gasteiger partial charge < -0.3 is 10.1 Å². The Kier molecular flexibility index (Phi) is 2.61. The Bertz CT molecular complexity index is 671. The average Bonchev–Trinajstić information content (AvgIpc) is 2.77. The Morgan fingerprint density at radius 1 is 1.06 bits per heavy atom. The van der Waals surface area contributed by atoms with Gasteiger partial charge in [0.2, 0.25) is 0 Å². The topological polar surface area (TPSA) is 43.3 Å². The molecule has 2 N–H and O–H groups in total. The molecular weight excluding hydrogens is 222 g/mol. The monoisotopic (exact) mass is 237 g/mol.